The van der Waals surface area contributed by atoms with Crippen molar-refractivity contribution in [2.75, 3.05) is 26.1 Å². The van der Waals surface area contributed by atoms with Crippen LogP contribution in [0.4, 0.5) is 5.69 Å². The number of nitrogens with one attached hydrogen (secondary N) is 1. The SMILES string of the molecule is C=CC(c1ccc(OC)cc1)S(=O)(=O)Nc1cc(OC)c(OC)cc1C=Cc1ccncc1. The number of benzene rings is 2. The first-order valence-electron chi connectivity index (χ1n) is 10.0. The van der Waals surface area contributed by atoms with Crippen LogP contribution in [0, 0.1) is 0 Å². The van der Waals surface area contributed by atoms with Gasteiger partial charge in [0.15, 0.2) is 11.5 Å². The number of ether oxygens (including phenoxy) is 3. The second-order valence-corrected chi connectivity index (χ2v) is 8.79. The number of anilines is 1. The number of pyridine rings is 1. The highest BCUT2D eigenvalue weighted by Gasteiger charge is 2.26. The summed E-state index contributed by atoms with van der Waals surface area (Å²) in [6, 6.07) is 13.8. The maximum absolute atomic E-state index is 13.3. The van der Waals surface area contributed by atoms with Gasteiger partial charge in [0.05, 0.1) is 27.0 Å². The van der Waals surface area contributed by atoms with E-state index in [4.69, 9.17) is 14.2 Å². The van der Waals surface area contributed by atoms with Crippen molar-refractivity contribution < 1.29 is 22.6 Å². The predicted octanol–water partition coefficient (Wildman–Crippen LogP) is 4.95. The van der Waals surface area contributed by atoms with Gasteiger partial charge in [-0.1, -0.05) is 30.4 Å². The van der Waals surface area contributed by atoms with Gasteiger partial charge in [-0.25, -0.2) is 8.42 Å². The molecule has 3 aromatic rings. The molecule has 2 aromatic carbocycles. The Bertz CT molecular complexity index is 1220. The summed E-state index contributed by atoms with van der Waals surface area (Å²) in [5, 5.41) is -0.978. The predicted molar refractivity (Wildman–Crippen MR) is 131 cm³/mol. The van der Waals surface area contributed by atoms with Gasteiger partial charge in [-0.15, -0.1) is 6.58 Å². The molecular formula is C25H26N2O5S. The summed E-state index contributed by atoms with van der Waals surface area (Å²) < 4.78 is 45.3. The molecule has 0 saturated heterocycles. The van der Waals surface area contributed by atoms with Crippen molar-refractivity contribution in [3.8, 4) is 17.2 Å². The molecule has 8 heteroatoms. The van der Waals surface area contributed by atoms with Gasteiger partial charge in [0.25, 0.3) is 0 Å². The molecule has 1 heterocycles. The summed E-state index contributed by atoms with van der Waals surface area (Å²) >= 11 is 0. The zero-order valence-electron chi connectivity index (χ0n) is 18.7. The molecule has 0 radical (unpaired) electrons. The van der Waals surface area contributed by atoms with Crippen LogP contribution in [0.15, 0.2) is 73.6 Å². The van der Waals surface area contributed by atoms with Gasteiger partial charge in [-0.05, 0) is 41.5 Å². The van der Waals surface area contributed by atoms with Crippen molar-refractivity contribution in [1.82, 2.24) is 4.98 Å². The first-order chi connectivity index (χ1) is 15.9. The Hall–Kier alpha value is -3.78. The number of methoxy groups -OCH3 is 3. The minimum absolute atomic E-state index is 0.346. The molecule has 7 nitrogen and oxygen atoms in total. The van der Waals surface area contributed by atoms with Crippen molar-refractivity contribution in [2.24, 2.45) is 0 Å². The van der Waals surface area contributed by atoms with Crippen molar-refractivity contribution in [3.05, 3.63) is 90.3 Å². The molecule has 0 fully saturated rings. The third kappa shape index (κ3) is 5.72. The van der Waals surface area contributed by atoms with Crippen LogP contribution in [0.3, 0.4) is 0 Å². The molecule has 0 saturated carbocycles. The van der Waals surface area contributed by atoms with Crippen LogP contribution < -0.4 is 18.9 Å². The standard InChI is InChI=1S/C25H26N2O5S/c1-5-25(19-8-10-21(30-2)11-9-19)33(28,29)27-22-17-24(32-4)23(31-3)16-20(22)7-6-18-12-14-26-15-13-18/h5-17,25,27H,1H2,2-4H3. The Morgan fingerprint density at radius 3 is 2.12 bits per heavy atom. The van der Waals surface area contributed by atoms with E-state index in [9.17, 15) is 8.42 Å². The van der Waals surface area contributed by atoms with Crippen LogP contribution in [-0.4, -0.2) is 34.7 Å². The average molecular weight is 467 g/mol. The van der Waals surface area contributed by atoms with Crippen LogP contribution in [0.5, 0.6) is 17.2 Å². The van der Waals surface area contributed by atoms with Gasteiger partial charge >= 0.3 is 0 Å². The van der Waals surface area contributed by atoms with E-state index < -0.39 is 15.3 Å². The van der Waals surface area contributed by atoms with E-state index in [0.717, 1.165) is 5.56 Å². The van der Waals surface area contributed by atoms with Gasteiger partial charge in [0, 0.05) is 24.0 Å². The van der Waals surface area contributed by atoms with Gasteiger partial charge in [-0.2, -0.15) is 0 Å². The molecule has 33 heavy (non-hydrogen) atoms. The van der Waals surface area contributed by atoms with E-state index in [1.807, 2.05) is 18.2 Å². The zero-order chi connectivity index (χ0) is 23.8. The van der Waals surface area contributed by atoms with E-state index >= 15 is 0 Å². The summed E-state index contributed by atoms with van der Waals surface area (Å²) in [6.45, 7) is 3.73. The molecule has 0 bridgehead atoms. The fraction of sp³-hybridized carbons (Fsp3) is 0.160. The summed E-state index contributed by atoms with van der Waals surface area (Å²) in [5.41, 5.74) is 2.42. The van der Waals surface area contributed by atoms with E-state index in [2.05, 4.69) is 16.3 Å². The van der Waals surface area contributed by atoms with Crippen LogP contribution in [0.25, 0.3) is 12.2 Å². The molecule has 0 spiro atoms. The smallest absolute Gasteiger partial charge is 0.243 e. The Morgan fingerprint density at radius 1 is 0.909 bits per heavy atom. The molecule has 3 rings (SSSR count). The lowest BCUT2D eigenvalue weighted by Gasteiger charge is -2.19. The Morgan fingerprint density at radius 2 is 1.55 bits per heavy atom. The lowest BCUT2D eigenvalue weighted by atomic mass is 10.1. The fourth-order valence-corrected chi connectivity index (χ4v) is 4.61. The Kier molecular flexibility index (Phi) is 7.74. The third-order valence-electron chi connectivity index (χ3n) is 4.96. The monoisotopic (exact) mass is 466 g/mol. The lowest BCUT2D eigenvalue weighted by Crippen LogP contribution is -2.20. The van der Waals surface area contributed by atoms with E-state index in [1.165, 1.54) is 20.3 Å². The van der Waals surface area contributed by atoms with Crippen LogP contribution in [0.1, 0.15) is 21.9 Å². The number of sulfonamides is 1. The highest BCUT2D eigenvalue weighted by atomic mass is 32.2. The highest BCUT2D eigenvalue weighted by molar-refractivity contribution is 7.93. The van der Waals surface area contributed by atoms with Crippen molar-refractivity contribution >= 4 is 27.9 Å². The molecule has 1 unspecified atom stereocenters. The van der Waals surface area contributed by atoms with Gasteiger partial charge < -0.3 is 14.2 Å². The summed E-state index contributed by atoms with van der Waals surface area (Å²) in [5.74, 6) is 1.51. The van der Waals surface area contributed by atoms with Crippen molar-refractivity contribution in [1.29, 1.82) is 0 Å². The third-order valence-corrected chi connectivity index (χ3v) is 6.60. The molecular weight excluding hydrogens is 440 g/mol. The van der Waals surface area contributed by atoms with E-state index in [1.54, 1.807) is 62.0 Å². The quantitative estimate of drug-likeness (QED) is 0.426. The number of hydrogen-bond donors (Lipinski definition) is 1. The number of nitrogens with zero attached hydrogens (tertiary/aromatic N) is 1. The maximum atomic E-state index is 13.3. The zero-order valence-corrected chi connectivity index (χ0v) is 19.5. The van der Waals surface area contributed by atoms with E-state index in [-0.39, 0.29) is 0 Å². The first-order valence-corrected chi connectivity index (χ1v) is 11.6. The second-order valence-electron chi connectivity index (χ2n) is 6.98. The van der Waals surface area contributed by atoms with Crippen molar-refractivity contribution in [2.45, 2.75) is 5.25 Å². The maximum Gasteiger partial charge on any atom is 0.243 e. The van der Waals surface area contributed by atoms with Gasteiger partial charge in [0.2, 0.25) is 10.0 Å². The number of rotatable bonds is 10. The normalized spacial score (nSPS) is 12.2. The topological polar surface area (TPSA) is 86.8 Å². The molecule has 1 atom stereocenters. The number of aromatic nitrogens is 1. The summed E-state index contributed by atoms with van der Waals surface area (Å²) in [6.07, 6.45) is 8.40. The fourth-order valence-electron chi connectivity index (χ4n) is 3.23. The molecule has 172 valence electrons. The first kappa shape index (κ1) is 23.9. The molecule has 0 aliphatic carbocycles. The molecule has 0 aliphatic rings. The second kappa shape index (κ2) is 10.7. The van der Waals surface area contributed by atoms with Crippen LogP contribution in [-0.2, 0) is 10.0 Å². The van der Waals surface area contributed by atoms with Gasteiger partial charge in [-0.3, -0.25) is 9.71 Å². The van der Waals surface area contributed by atoms with Crippen LogP contribution in [0.2, 0.25) is 0 Å². The molecule has 1 N–H and O–H groups in total. The summed E-state index contributed by atoms with van der Waals surface area (Å²) in [4.78, 5) is 4.01. The number of hydrogen-bond acceptors (Lipinski definition) is 6. The largest absolute Gasteiger partial charge is 0.497 e. The summed E-state index contributed by atoms with van der Waals surface area (Å²) in [7, 11) is 0.671. The minimum Gasteiger partial charge on any atom is -0.497 e. The van der Waals surface area contributed by atoms with Gasteiger partial charge in [0.1, 0.15) is 11.0 Å². The molecule has 0 amide bonds. The average Bonchev–Trinajstić information content (AvgIpc) is 2.84. The van der Waals surface area contributed by atoms with Crippen molar-refractivity contribution in [3.63, 3.8) is 0 Å². The Labute approximate surface area is 194 Å². The minimum atomic E-state index is -3.90. The Balaban J connectivity index is 2.01. The molecule has 0 aliphatic heterocycles. The highest BCUT2D eigenvalue weighted by Crippen LogP contribution is 2.36. The van der Waals surface area contributed by atoms with E-state index in [0.29, 0.717) is 34.1 Å². The molecule has 1 aromatic heterocycles. The van der Waals surface area contributed by atoms with Crippen LogP contribution >= 0.6 is 0 Å². The lowest BCUT2D eigenvalue weighted by molar-refractivity contribution is 0.355.